The normalized spacial score (nSPS) is 11.3. The molecule has 0 atom stereocenters. The molecular weight excluding hydrogens is 560 g/mol. The van der Waals surface area contributed by atoms with Gasteiger partial charge in [-0.2, -0.15) is 5.26 Å². The molecule has 8 aromatic rings. The highest BCUT2D eigenvalue weighted by Crippen LogP contribution is 2.41. The SMILES string of the molecule is N#Cc1ccc(-c2ccc(-c3cc(-c4cc5ccccc5c5ccccc45)cc4oc(-c5ccc(Cl)cc5)nc34)cc2)cc1. The van der Waals surface area contributed by atoms with Crippen LogP contribution in [0.2, 0.25) is 5.02 Å². The van der Waals surface area contributed by atoms with Crippen LogP contribution in [0.1, 0.15) is 5.56 Å². The molecule has 0 saturated carbocycles. The molecule has 0 amide bonds. The molecule has 1 aromatic heterocycles. The highest BCUT2D eigenvalue weighted by atomic mass is 35.5. The van der Waals surface area contributed by atoms with E-state index in [1.165, 1.54) is 21.5 Å². The summed E-state index contributed by atoms with van der Waals surface area (Å²) in [6.07, 6.45) is 0. The average molecular weight is 583 g/mol. The summed E-state index contributed by atoms with van der Waals surface area (Å²) in [5.41, 5.74) is 9.40. The van der Waals surface area contributed by atoms with Crippen molar-refractivity contribution < 1.29 is 4.42 Å². The number of benzene rings is 7. The van der Waals surface area contributed by atoms with Crippen LogP contribution in [0, 0.1) is 11.3 Å². The third kappa shape index (κ3) is 4.50. The zero-order valence-corrected chi connectivity index (χ0v) is 24.2. The monoisotopic (exact) mass is 582 g/mol. The molecular formula is C40H23ClN2O. The van der Waals surface area contributed by atoms with E-state index in [-0.39, 0.29) is 0 Å². The number of fused-ring (bicyclic) bond motifs is 4. The number of rotatable bonds is 4. The lowest BCUT2D eigenvalue weighted by atomic mass is 9.91. The van der Waals surface area contributed by atoms with Crippen molar-refractivity contribution in [3.05, 3.63) is 150 Å². The molecule has 0 radical (unpaired) electrons. The van der Waals surface area contributed by atoms with Crippen molar-refractivity contribution >= 4 is 44.2 Å². The minimum absolute atomic E-state index is 0.549. The largest absolute Gasteiger partial charge is 0.436 e. The van der Waals surface area contributed by atoms with Crippen molar-refractivity contribution in [1.82, 2.24) is 4.98 Å². The molecule has 0 bridgehead atoms. The van der Waals surface area contributed by atoms with E-state index in [1.807, 2.05) is 48.5 Å². The van der Waals surface area contributed by atoms with Gasteiger partial charge in [0.2, 0.25) is 5.89 Å². The zero-order valence-electron chi connectivity index (χ0n) is 23.5. The van der Waals surface area contributed by atoms with E-state index in [1.54, 1.807) is 0 Å². The molecule has 0 aliphatic carbocycles. The molecule has 8 rings (SSSR count). The van der Waals surface area contributed by atoms with Crippen LogP contribution in [0.4, 0.5) is 0 Å². The fourth-order valence-corrected chi connectivity index (χ4v) is 6.12. The zero-order chi connectivity index (χ0) is 29.6. The first-order valence-electron chi connectivity index (χ1n) is 14.4. The molecule has 1 heterocycles. The summed E-state index contributed by atoms with van der Waals surface area (Å²) < 4.78 is 6.45. The fraction of sp³-hybridized carbons (Fsp3) is 0. The molecule has 206 valence electrons. The average Bonchev–Trinajstić information content (AvgIpc) is 3.52. The second kappa shape index (κ2) is 10.5. The number of hydrogen-bond acceptors (Lipinski definition) is 3. The number of nitrogens with zero attached hydrogens (tertiary/aromatic N) is 2. The molecule has 0 aliphatic heterocycles. The molecule has 0 unspecified atom stereocenters. The second-order valence-corrected chi connectivity index (χ2v) is 11.3. The quantitative estimate of drug-likeness (QED) is 0.194. The van der Waals surface area contributed by atoms with Gasteiger partial charge < -0.3 is 4.42 Å². The third-order valence-electron chi connectivity index (χ3n) is 8.21. The minimum Gasteiger partial charge on any atom is -0.436 e. The van der Waals surface area contributed by atoms with E-state index >= 15 is 0 Å². The number of oxazole rings is 1. The van der Waals surface area contributed by atoms with Crippen molar-refractivity contribution in [1.29, 1.82) is 5.26 Å². The summed E-state index contributed by atoms with van der Waals surface area (Å²) in [6.45, 7) is 0. The predicted octanol–water partition coefficient (Wildman–Crippen LogP) is 11.3. The van der Waals surface area contributed by atoms with Gasteiger partial charge in [-0.3, -0.25) is 0 Å². The summed E-state index contributed by atoms with van der Waals surface area (Å²) >= 11 is 6.17. The van der Waals surface area contributed by atoms with Gasteiger partial charge in [-0.1, -0.05) is 96.5 Å². The van der Waals surface area contributed by atoms with Crippen molar-refractivity contribution in [3.63, 3.8) is 0 Å². The third-order valence-corrected chi connectivity index (χ3v) is 8.46. The summed E-state index contributed by atoms with van der Waals surface area (Å²) in [5.74, 6) is 0.549. The molecule has 0 aliphatic rings. The van der Waals surface area contributed by atoms with Crippen LogP contribution in [0.5, 0.6) is 0 Å². The Bertz CT molecular complexity index is 2380. The number of nitriles is 1. The van der Waals surface area contributed by atoms with Crippen LogP contribution >= 0.6 is 11.6 Å². The van der Waals surface area contributed by atoms with Crippen LogP contribution in [-0.2, 0) is 0 Å². The second-order valence-electron chi connectivity index (χ2n) is 10.9. The van der Waals surface area contributed by atoms with E-state index in [0.29, 0.717) is 16.5 Å². The van der Waals surface area contributed by atoms with Gasteiger partial charge in [0.1, 0.15) is 5.52 Å². The lowest BCUT2D eigenvalue weighted by Crippen LogP contribution is -1.88. The molecule has 0 spiro atoms. The maximum atomic E-state index is 9.18. The molecule has 0 saturated heterocycles. The Morgan fingerprint density at radius 1 is 0.545 bits per heavy atom. The molecule has 0 N–H and O–H groups in total. The van der Waals surface area contributed by atoms with Gasteiger partial charge in [0.15, 0.2) is 5.58 Å². The fourth-order valence-electron chi connectivity index (χ4n) is 5.99. The number of aromatic nitrogens is 1. The van der Waals surface area contributed by atoms with Crippen LogP contribution in [0.3, 0.4) is 0 Å². The predicted molar refractivity (Wildman–Crippen MR) is 180 cm³/mol. The first kappa shape index (κ1) is 26.0. The highest BCUT2D eigenvalue weighted by molar-refractivity contribution is 6.30. The summed E-state index contributed by atoms with van der Waals surface area (Å²) in [4.78, 5) is 5.00. The van der Waals surface area contributed by atoms with E-state index in [0.717, 1.165) is 50.0 Å². The standard InChI is InChI=1S/C40H23ClN2O/c41-32-19-17-29(18-20-32)40-43-39-37(28-15-13-27(14-16-28)26-11-9-25(24-42)10-12-26)22-31(23-38(39)44-40)36-21-30-5-1-2-6-33(30)34-7-3-4-8-35(34)36/h1-23H. The Kier molecular flexibility index (Phi) is 6.22. The molecule has 3 nitrogen and oxygen atoms in total. The maximum absolute atomic E-state index is 9.18. The van der Waals surface area contributed by atoms with Crippen molar-refractivity contribution in [2.45, 2.75) is 0 Å². The van der Waals surface area contributed by atoms with Crippen molar-refractivity contribution in [2.24, 2.45) is 0 Å². The van der Waals surface area contributed by atoms with Gasteiger partial charge in [-0.05, 0) is 104 Å². The maximum Gasteiger partial charge on any atom is 0.227 e. The first-order valence-corrected chi connectivity index (χ1v) is 14.7. The Morgan fingerprint density at radius 3 is 1.89 bits per heavy atom. The number of halogens is 1. The van der Waals surface area contributed by atoms with Gasteiger partial charge in [0, 0.05) is 16.1 Å². The van der Waals surface area contributed by atoms with Crippen LogP contribution < -0.4 is 0 Å². The van der Waals surface area contributed by atoms with Gasteiger partial charge in [0.25, 0.3) is 0 Å². The summed E-state index contributed by atoms with van der Waals surface area (Å²) in [6, 6.07) is 49.5. The van der Waals surface area contributed by atoms with Crippen LogP contribution in [0.15, 0.2) is 144 Å². The minimum atomic E-state index is 0.549. The van der Waals surface area contributed by atoms with E-state index in [2.05, 4.69) is 97.1 Å². The van der Waals surface area contributed by atoms with E-state index in [4.69, 9.17) is 21.0 Å². The molecule has 0 fully saturated rings. The van der Waals surface area contributed by atoms with Gasteiger partial charge in [0.05, 0.1) is 11.6 Å². The highest BCUT2D eigenvalue weighted by Gasteiger charge is 2.18. The number of hydrogen-bond donors (Lipinski definition) is 0. The topological polar surface area (TPSA) is 49.8 Å². The van der Waals surface area contributed by atoms with Crippen molar-refractivity contribution in [2.75, 3.05) is 0 Å². The molecule has 4 heteroatoms. The van der Waals surface area contributed by atoms with Gasteiger partial charge in [-0.15, -0.1) is 0 Å². The Labute approximate surface area is 259 Å². The Hall–Kier alpha value is -5.69. The van der Waals surface area contributed by atoms with Crippen molar-refractivity contribution in [3.8, 4) is 50.9 Å². The summed E-state index contributed by atoms with van der Waals surface area (Å²) in [7, 11) is 0. The smallest absolute Gasteiger partial charge is 0.227 e. The van der Waals surface area contributed by atoms with Crippen LogP contribution in [0.25, 0.3) is 77.5 Å². The van der Waals surface area contributed by atoms with E-state index < -0.39 is 0 Å². The Balaban J connectivity index is 1.34. The van der Waals surface area contributed by atoms with Gasteiger partial charge >= 0.3 is 0 Å². The molecule has 44 heavy (non-hydrogen) atoms. The van der Waals surface area contributed by atoms with Gasteiger partial charge in [-0.25, -0.2) is 4.98 Å². The lowest BCUT2D eigenvalue weighted by molar-refractivity contribution is 0.620. The lowest BCUT2D eigenvalue weighted by Gasteiger charge is -2.13. The Morgan fingerprint density at radius 2 is 1.16 bits per heavy atom. The first-order chi connectivity index (χ1) is 21.6. The van der Waals surface area contributed by atoms with E-state index in [9.17, 15) is 5.26 Å². The summed E-state index contributed by atoms with van der Waals surface area (Å²) in [5, 5.41) is 14.7. The molecule has 7 aromatic carbocycles. The van der Waals surface area contributed by atoms with Crippen LogP contribution in [-0.4, -0.2) is 4.98 Å².